The third-order valence-electron chi connectivity index (χ3n) is 5.58. The van der Waals surface area contributed by atoms with Crippen molar-refractivity contribution in [1.29, 1.82) is 0 Å². The summed E-state index contributed by atoms with van der Waals surface area (Å²) in [5.41, 5.74) is 7.51. The Balaban J connectivity index is 1.59. The molecule has 158 valence electrons. The predicted molar refractivity (Wildman–Crippen MR) is 134 cm³/mol. The summed E-state index contributed by atoms with van der Waals surface area (Å²) in [5, 5.41) is 3.36. The summed E-state index contributed by atoms with van der Waals surface area (Å²) in [7, 11) is 0. The Morgan fingerprint density at radius 3 is 2.44 bits per heavy atom. The highest BCUT2D eigenvalue weighted by Crippen LogP contribution is 2.36. The van der Waals surface area contributed by atoms with Crippen LogP contribution in [0.3, 0.4) is 0 Å². The van der Waals surface area contributed by atoms with E-state index in [2.05, 4.69) is 47.3 Å². The fourth-order valence-electron chi connectivity index (χ4n) is 3.86. The van der Waals surface area contributed by atoms with Crippen LogP contribution in [-0.2, 0) is 5.75 Å². The molecule has 0 aliphatic carbocycles. The Bertz CT molecular complexity index is 1390. The number of allylic oxidation sites excluding steroid dienone is 1. The van der Waals surface area contributed by atoms with Gasteiger partial charge in [0.2, 0.25) is 0 Å². The van der Waals surface area contributed by atoms with Gasteiger partial charge in [-0.15, -0.1) is 11.8 Å². The molecule has 32 heavy (non-hydrogen) atoms. The lowest BCUT2D eigenvalue weighted by Gasteiger charge is -2.04. The molecule has 1 N–H and O–H groups in total. The zero-order valence-corrected chi connectivity index (χ0v) is 18.8. The molecular weight excluding hydrogens is 414 g/mol. The van der Waals surface area contributed by atoms with E-state index in [1.54, 1.807) is 16.4 Å². The van der Waals surface area contributed by atoms with Crippen molar-refractivity contribution in [2.45, 2.75) is 24.5 Å². The van der Waals surface area contributed by atoms with Crippen LogP contribution in [0.2, 0.25) is 0 Å². The van der Waals surface area contributed by atoms with Crippen molar-refractivity contribution in [2.75, 3.05) is 0 Å². The van der Waals surface area contributed by atoms with Gasteiger partial charge < -0.3 is 0 Å². The number of thioether (sulfide) groups is 1. The van der Waals surface area contributed by atoms with Crippen LogP contribution < -0.4 is 5.56 Å². The number of benzene rings is 3. The van der Waals surface area contributed by atoms with Gasteiger partial charge in [-0.1, -0.05) is 54.1 Å². The van der Waals surface area contributed by atoms with Crippen molar-refractivity contribution in [3.05, 3.63) is 112 Å². The molecule has 0 bridgehead atoms. The maximum atomic E-state index is 13.5. The van der Waals surface area contributed by atoms with Crippen molar-refractivity contribution < 1.29 is 0 Å². The van der Waals surface area contributed by atoms with Gasteiger partial charge >= 0.3 is 0 Å². The number of aromatic nitrogens is 2. The summed E-state index contributed by atoms with van der Waals surface area (Å²) in [4.78, 5) is 19.3. The molecule has 5 rings (SSSR count). The molecule has 1 aliphatic rings. The van der Waals surface area contributed by atoms with Crippen LogP contribution in [0, 0.1) is 6.92 Å². The van der Waals surface area contributed by atoms with Gasteiger partial charge in [-0.3, -0.25) is 14.9 Å². The van der Waals surface area contributed by atoms with Gasteiger partial charge in [-0.2, -0.15) is 0 Å². The van der Waals surface area contributed by atoms with E-state index in [1.807, 2.05) is 61.5 Å². The number of aromatic amines is 1. The molecule has 0 unspecified atom stereocenters. The van der Waals surface area contributed by atoms with E-state index in [0.717, 1.165) is 33.9 Å². The summed E-state index contributed by atoms with van der Waals surface area (Å²) < 4.78 is 1.63. The lowest BCUT2D eigenvalue weighted by molar-refractivity contribution is 0.833. The summed E-state index contributed by atoms with van der Waals surface area (Å²) in [6, 6.07) is 26.2. The van der Waals surface area contributed by atoms with Gasteiger partial charge in [0.15, 0.2) is 0 Å². The van der Waals surface area contributed by atoms with Crippen LogP contribution in [0.5, 0.6) is 0 Å². The lowest BCUT2D eigenvalue weighted by atomic mass is 10.0. The van der Waals surface area contributed by atoms with Crippen LogP contribution in [0.4, 0.5) is 5.69 Å². The number of rotatable bonds is 5. The van der Waals surface area contributed by atoms with Crippen molar-refractivity contribution >= 4 is 34.8 Å². The van der Waals surface area contributed by atoms with Crippen molar-refractivity contribution in [1.82, 2.24) is 9.78 Å². The lowest BCUT2D eigenvalue weighted by Crippen LogP contribution is -2.16. The molecule has 1 aromatic heterocycles. The number of aliphatic imine (C=N–C) groups is 1. The number of H-pyrrole nitrogens is 1. The van der Waals surface area contributed by atoms with Crippen LogP contribution in [0.15, 0.2) is 93.5 Å². The molecule has 2 heterocycles. The first-order valence-electron chi connectivity index (χ1n) is 10.6. The molecule has 0 atom stereocenters. The molecule has 0 spiro atoms. The highest BCUT2D eigenvalue weighted by atomic mass is 32.2. The monoisotopic (exact) mass is 437 g/mol. The number of hydrogen-bond donors (Lipinski definition) is 1. The summed E-state index contributed by atoms with van der Waals surface area (Å²) in [5.74, 6) is 0.662. The molecule has 0 saturated carbocycles. The van der Waals surface area contributed by atoms with Gasteiger partial charge in [-0.05, 0) is 50.3 Å². The van der Waals surface area contributed by atoms with Crippen LogP contribution in [0.1, 0.15) is 29.3 Å². The maximum absolute atomic E-state index is 13.5. The van der Waals surface area contributed by atoms with Gasteiger partial charge in [0, 0.05) is 27.5 Å². The van der Waals surface area contributed by atoms with Crippen LogP contribution in [0.25, 0.3) is 17.3 Å². The average Bonchev–Trinajstić information content (AvgIpc) is 3.30. The van der Waals surface area contributed by atoms with E-state index in [-0.39, 0.29) is 5.56 Å². The van der Waals surface area contributed by atoms with Gasteiger partial charge in [0.1, 0.15) is 0 Å². The smallest absolute Gasteiger partial charge is 0.278 e. The number of nitrogens with zero attached hydrogens (tertiary/aromatic N) is 2. The van der Waals surface area contributed by atoms with Gasteiger partial charge in [-0.25, -0.2) is 4.68 Å². The molecule has 1 aliphatic heterocycles. The highest BCUT2D eigenvalue weighted by Gasteiger charge is 2.20. The third kappa shape index (κ3) is 3.87. The molecule has 5 heteroatoms. The van der Waals surface area contributed by atoms with Crippen molar-refractivity contribution in [3.63, 3.8) is 0 Å². The molecule has 0 fully saturated rings. The second kappa shape index (κ2) is 8.52. The molecule has 0 amide bonds. The number of nitrogens with one attached hydrogen (secondary N) is 1. The highest BCUT2D eigenvalue weighted by molar-refractivity contribution is 7.98. The Kier molecular flexibility index (Phi) is 5.41. The normalized spacial score (nSPS) is 13.9. The Labute approximate surface area is 191 Å². The first-order valence-corrected chi connectivity index (χ1v) is 11.5. The summed E-state index contributed by atoms with van der Waals surface area (Å²) in [6.45, 7) is 4.08. The Morgan fingerprint density at radius 2 is 1.66 bits per heavy atom. The van der Waals surface area contributed by atoms with E-state index in [0.29, 0.717) is 11.3 Å². The van der Waals surface area contributed by atoms with Crippen molar-refractivity contribution in [3.8, 4) is 5.69 Å². The van der Waals surface area contributed by atoms with Crippen LogP contribution >= 0.6 is 11.8 Å². The maximum Gasteiger partial charge on any atom is 0.278 e. The SMILES string of the molecule is CC1=Nc2ccccc2/C1=C/c1c(CSc2ccc(C)cc2)[nH]n(-c2ccccc2)c1=O. The van der Waals surface area contributed by atoms with Crippen LogP contribution in [-0.4, -0.2) is 15.5 Å². The molecule has 4 nitrogen and oxygen atoms in total. The second-order valence-electron chi connectivity index (χ2n) is 7.85. The molecule has 3 aromatic carbocycles. The van der Waals surface area contributed by atoms with Gasteiger partial charge in [0.05, 0.1) is 22.6 Å². The van der Waals surface area contributed by atoms with E-state index < -0.39 is 0 Å². The molecule has 0 radical (unpaired) electrons. The molecular formula is C27H23N3OS. The van der Waals surface area contributed by atoms with Gasteiger partial charge in [0.25, 0.3) is 5.56 Å². The fraction of sp³-hybridized carbons (Fsp3) is 0.111. The van der Waals surface area contributed by atoms with E-state index in [1.165, 1.54) is 10.5 Å². The Hall–Kier alpha value is -3.57. The third-order valence-corrected chi connectivity index (χ3v) is 6.62. The number of para-hydroxylation sites is 2. The minimum Gasteiger partial charge on any atom is -0.294 e. The quantitative estimate of drug-likeness (QED) is 0.367. The summed E-state index contributed by atoms with van der Waals surface area (Å²) >= 11 is 1.71. The van der Waals surface area contributed by atoms with E-state index in [4.69, 9.17) is 0 Å². The fourth-order valence-corrected chi connectivity index (χ4v) is 4.72. The number of aryl methyl sites for hydroxylation is 1. The minimum atomic E-state index is -0.0552. The molecule has 0 saturated heterocycles. The zero-order chi connectivity index (χ0) is 22.1. The minimum absolute atomic E-state index is 0.0552. The molecule has 4 aromatic rings. The second-order valence-corrected chi connectivity index (χ2v) is 8.90. The standard InChI is InChI=1S/C27H23N3OS/c1-18-12-14-21(15-13-18)32-17-26-24(27(31)30(29-26)20-8-4-3-5-9-20)16-23-19(2)28-25-11-7-6-10-22(23)25/h3-16,29H,17H2,1-2H3/b23-16+. The number of fused-ring (bicyclic) bond motifs is 1. The predicted octanol–water partition coefficient (Wildman–Crippen LogP) is 6.41. The summed E-state index contributed by atoms with van der Waals surface area (Å²) in [6.07, 6.45) is 1.99. The zero-order valence-electron chi connectivity index (χ0n) is 18.0. The Morgan fingerprint density at radius 1 is 0.938 bits per heavy atom. The first-order chi connectivity index (χ1) is 15.6. The van der Waals surface area contributed by atoms with E-state index >= 15 is 0 Å². The van der Waals surface area contributed by atoms with E-state index in [9.17, 15) is 4.79 Å². The average molecular weight is 438 g/mol. The number of hydrogen-bond acceptors (Lipinski definition) is 3. The van der Waals surface area contributed by atoms with Crippen molar-refractivity contribution in [2.24, 2.45) is 4.99 Å². The largest absolute Gasteiger partial charge is 0.294 e. The topological polar surface area (TPSA) is 50.1 Å². The first kappa shape index (κ1) is 20.3.